The fraction of sp³-hybridized carbons (Fsp3) is 0. The number of hydrogen-bond donors (Lipinski definition) is 1. The zero-order chi connectivity index (χ0) is 26.3. The van der Waals surface area contributed by atoms with Crippen LogP contribution in [0.2, 0.25) is 0 Å². The van der Waals surface area contributed by atoms with Crippen molar-refractivity contribution < 1.29 is 8.78 Å². The Labute approximate surface area is 224 Å². The van der Waals surface area contributed by atoms with Crippen LogP contribution in [-0.4, -0.2) is 9.97 Å². The smallest absolute Gasteiger partial charge is 0.124 e. The van der Waals surface area contributed by atoms with Gasteiger partial charge in [-0.05, 0) is 82.9 Å². The molecule has 0 radical (unpaired) electrons. The van der Waals surface area contributed by atoms with Crippen molar-refractivity contribution >= 4 is 21.8 Å². The number of halogens is 2. The summed E-state index contributed by atoms with van der Waals surface area (Å²) < 4.78 is 28.9. The lowest BCUT2D eigenvalue weighted by molar-refractivity contribution is 0.628. The molecular weight excluding hydrogens is 486 g/mol. The first-order valence-electron chi connectivity index (χ1n) is 12.8. The van der Waals surface area contributed by atoms with Gasteiger partial charge in [0, 0.05) is 27.4 Å². The van der Waals surface area contributed by atoms with E-state index in [1.165, 1.54) is 24.3 Å². The minimum Gasteiger partial charge on any atom is -0.354 e. The first-order chi connectivity index (χ1) is 19.1. The highest BCUT2D eigenvalue weighted by molar-refractivity contribution is 6.11. The second-order valence-electron chi connectivity index (χ2n) is 9.63. The van der Waals surface area contributed by atoms with Gasteiger partial charge in [-0.15, -0.1) is 0 Å². The Morgan fingerprint density at radius 3 is 1.77 bits per heavy atom. The number of aromatic nitrogens is 2. The molecule has 0 spiro atoms. The van der Waals surface area contributed by atoms with E-state index in [-0.39, 0.29) is 5.82 Å². The Kier molecular flexibility index (Phi) is 5.52. The monoisotopic (exact) mass is 508 g/mol. The summed E-state index contributed by atoms with van der Waals surface area (Å²) in [5.74, 6) is -0.755. The summed E-state index contributed by atoms with van der Waals surface area (Å²) in [5, 5.41) is 1.27. The summed E-state index contributed by atoms with van der Waals surface area (Å²) in [6, 6.07) is 40.2. The summed E-state index contributed by atoms with van der Waals surface area (Å²) in [6.45, 7) is 0. The lowest BCUT2D eigenvalue weighted by Crippen LogP contribution is -1.92. The van der Waals surface area contributed by atoms with Gasteiger partial charge in [0.1, 0.15) is 11.6 Å². The predicted octanol–water partition coefficient (Wildman–Crippen LogP) is 9.66. The maximum Gasteiger partial charge on any atom is 0.124 e. The van der Waals surface area contributed by atoms with Gasteiger partial charge in [0.05, 0.1) is 16.9 Å². The van der Waals surface area contributed by atoms with Crippen LogP contribution in [-0.2, 0) is 0 Å². The molecule has 0 aliphatic rings. The molecule has 2 aromatic heterocycles. The Hall–Kier alpha value is -5.09. The molecule has 0 aliphatic heterocycles. The van der Waals surface area contributed by atoms with Gasteiger partial charge in [-0.2, -0.15) is 0 Å². The van der Waals surface area contributed by atoms with E-state index in [9.17, 15) is 8.78 Å². The van der Waals surface area contributed by atoms with E-state index in [1.807, 2.05) is 54.6 Å². The molecule has 0 bridgehead atoms. The van der Waals surface area contributed by atoms with Crippen LogP contribution in [0.15, 0.2) is 127 Å². The molecule has 5 aromatic carbocycles. The number of nitrogens with zero attached hydrogens (tertiary/aromatic N) is 1. The van der Waals surface area contributed by atoms with Crippen LogP contribution in [0.25, 0.3) is 66.6 Å². The molecule has 0 saturated carbocycles. The van der Waals surface area contributed by atoms with Crippen molar-refractivity contribution in [2.45, 2.75) is 0 Å². The molecule has 2 nitrogen and oxygen atoms in total. The normalized spacial score (nSPS) is 11.3. The van der Waals surface area contributed by atoms with Crippen LogP contribution in [0.3, 0.4) is 0 Å². The lowest BCUT2D eigenvalue weighted by Gasteiger charge is -2.12. The van der Waals surface area contributed by atoms with Crippen LogP contribution in [0.5, 0.6) is 0 Å². The molecule has 1 N–H and O–H groups in total. The second kappa shape index (κ2) is 9.34. The third-order valence-electron chi connectivity index (χ3n) is 7.10. The van der Waals surface area contributed by atoms with Crippen molar-refractivity contribution in [1.82, 2.24) is 9.97 Å². The fourth-order valence-corrected chi connectivity index (χ4v) is 5.25. The summed E-state index contributed by atoms with van der Waals surface area (Å²) in [4.78, 5) is 8.35. The largest absolute Gasteiger partial charge is 0.354 e. The molecule has 0 unspecified atom stereocenters. The van der Waals surface area contributed by atoms with Crippen LogP contribution < -0.4 is 0 Å². The van der Waals surface area contributed by atoms with E-state index in [2.05, 4.69) is 47.4 Å². The zero-order valence-corrected chi connectivity index (χ0v) is 20.8. The van der Waals surface area contributed by atoms with Gasteiger partial charge in [-0.25, -0.2) is 13.8 Å². The number of nitrogens with one attached hydrogen (secondary N) is 1. The molecule has 0 atom stereocenters. The van der Waals surface area contributed by atoms with Crippen molar-refractivity contribution in [3.63, 3.8) is 0 Å². The number of rotatable bonds is 4. The highest BCUT2D eigenvalue weighted by atomic mass is 19.1. The Morgan fingerprint density at radius 2 is 1.08 bits per heavy atom. The first-order valence-corrected chi connectivity index (χ1v) is 12.8. The minimum atomic E-state index is -0.396. The Morgan fingerprint density at radius 1 is 0.462 bits per heavy atom. The van der Waals surface area contributed by atoms with Crippen LogP contribution >= 0.6 is 0 Å². The highest BCUT2D eigenvalue weighted by Crippen LogP contribution is 2.36. The third-order valence-corrected chi connectivity index (χ3v) is 7.10. The van der Waals surface area contributed by atoms with E-state index >= 15 is 0 Å². The summed E-state index contributed by atoms with van der Waals surface area (Å²) in [7, 11) is 0. The number of H-pyrrole nitrogens is 1. The number of fused-ring (bicyclic) bond motifs is 3. The average molecular weight is 509 g/mol. The first kappa shape index (κ1) is 23.1. The van der Waals surface area contributed by atoms with Crippen molar-refractivity contribution in [2.24, 2.45) is 0 Å². The number of hydrogen-bond acceptors (Lipinski definition) is 1. The van der Waals surface area contributed by atoms with Crippen LogP contribution in [0.4, 0.5) is 8.78 Å². The quantitative estimate of drug-likeness (QED) is 0.252. The van der Waals surface area contributed by atoms with Gasteiger partial charge in [0.15, 0.2) is 0 Å². The van der Waals surface area contributed by atoms with E-state index in [1.54, 1.807) is 6.07 Å². The van der Waals surface area contributed by atoms with Gasteiger partial charge in [0.25, 0.3) is 0 Å². The van der Waals surface area contributed by atoms with Gasteiger partial charge in [-0.1, -0.05) is 66.7 Å². The van der Waals surface area contributed by atoms with Crippen LogP contribution in [0.1, 0.15) is 0 Å². The molecule has 4 heteroatoms. The van der Waals surface area contributed by atoms with Gasteiger partial charge in [-0.3, -0.25) is 0 Å². The summed E-state index contributed by atoms with van der Waals surface area (Å²) in [6.07, 6.45) is 0. The van der Waals surface area contributed by atoms with Gasteiger partial charge in [0.2, 0.25) is 0 Å². The van der Waals surface area contributed by atoms with Crippen molar-refractivity contribution in [1.29, 1.82) is 0 Å². The summed E-state index contributed by atoms with van der Waals surface area (Å²) >= 11 is 0. The van der Waals surface area contributed by atoms with E-state index in [0.29, 0.717) is 22.0 Å². The molecule has 0 saturated heterocycles. The standard InChI is InChI=1S/C35H22F2N2/c36-27-14-15-34-29(19-27)30-20-28(37)21-31(35(30)39-34)33-13-7-12-32(38-33)26-17-24(22-8-3-1-4-9-22)16-25(18-26)23-10-5-2-6-11-23/h1-21,39H. The predicted molar refractivity (Wildman–Crippen MR) is 155 cm³/mol. The van der Waals surface area contributed by atoms with E-state index < -0.39 is 5.82 Å². The molecule has 7 aromatic rings. The number of aromatic amines is 1. The van der Waals surface area contributed by atoms with Crippen LogP contribution in [0, 0.1) is 11.6 Å². The molecule has 0 aliphatic carbocycles. The summed E-state index contributed by atoms with van der Waals surface area (Å²) in [5.41, 5.74) is 8.89. The molecule has 2 heterocycles. The topological polar surface area (TPSA) is 28.7 Å². The minimum absolute atomic E-state index is 0.359. The van der Waals surface area contributed by atoms with Gasteiger partial charge >= 0.3 is 0 Å². The van der Waals surface area contributed by atoms with E-state index in [0.717, 1.165) is 44.5 Å². The second-order valence-corrected chi connectivity index (χ2v) is 9.63. The Balaban J connectivity index is 1.41. The molecule has 0 fully saturated rings. The SMILES string of the molecule is Fc1ccc2[nH]c3c(-c4cccc(-c5cc(-c6ccccc6)cc(-c6ccccc6)c5)n4)cc(F)cc3c2c1. The van der Waals surface area contributed by atoms with Crippen molar-refractivity contribution in [3.8, 4) is 44.8 Å². The maximum atomic E-state index is 14.9. The Bertz CT molecular complexity index is 1920. The number of benzene rings is 5. The average Bonchev–Trinajstić information content (AvgIpc) is 3.35. The molecular formula is C35H22F2N2. The maximum absolute atomic E-state index is 14.9. The van der Waals surface area contributed by atoms with Crippen molar-refractivity contribution in [3.05, 3.63) is 139 Å². The highest BCUT2D eigenvalue weighted by Gasteiger charge is 2.15. The van der Waals surface area contributed by atoms with Gasteiger partial charge < -0.3 is 4.98 Å². The molecule has 7 rings (SSSR count). The molecule has 186 valence electrons. The zero-order valence-electron chi connectivity index (χ0n) is 20.8. The van der Waals surface area contributed by atoms with E-state index in [4.69, 9.17) is 4.98 Å². The molecule has 39 heavy (non-hydrogen) atoms. The lowest BCUT2D eigenvalue weighted by atomic mass is 9.94. The molecule has 0 amide bonds. The van der Waals surface area contributed by atoms with Crippen molar-refractivity contribution in [2.75, 3.05) is 0 Å². The number of pyridine rings is 1. The fourth-order valence-electron chi connectivity index (χ4n) is 5.25. The third kappa shape index (κ3) is 4.26.